The van der Waals surface area contributed by atoms with Gasteiger partial charge in [-0.25, -0.2) is 0 Å². The SMILES string of the molecule is COC(=O)CC(NC(=O)CCn1c(-c2cccs2)n[nH]c1=S)c1ccccc1Cl. The Morgan fingerprint density at radius 1 is 1.34 bits per heavy atom. The van der Waals surface area contributed by atoms with Gasteiger partial charge in [-0.1, -0.05) is 35.9 Å². The number of aromatic nitrogens is 3. The van der Waals surface area contributed by atoms with Crippen LogP contribution in [0.15, 0.2) is 41.8 Å². The smallest absolute Gasteiger partial charge is 0.307 e. The van der Waals surface area contributed by atoms with E-state index in [-0.39, 0.29) is 18.7 Å². The molecular formula is C19H19ClN4O3S2. The molecule has 1 amide bonds. The number of ether oxygens (including phenoxy) is 1. The van der Waals surface area contributed by atoms with Crippen LogP contribution >= 0.6 is 35.2 Å². The fourth-order valence-corrected chi connectivity index (χ4v) is 4.06. The standard InChI is InChI=1S/C19H19ClN4O3S2/c1-27-17(26)11-14(12-5-2-3-6-13(12)20)21-16(25)8-9-24-18(22-23-19(24)28)15-7-4-10-29-15/h2-7,10,14H,8-9,11H2,1H3,(H,21,25)(H,23,28). The number of methoxy groups -OCH3 is 1. The summed E-state index contributed by atoms with van der Waals surface area (Å²) in [5.41, 5.74) is 0.659. The summed E-state index contributed by atoms with van der Waals surface area (Å²) >= 11 is 13.1. The van der Waals surface area contributed by atoms with Gasteiger partial charge in [-0.2, -0.15) is 5.10 Å². The molecule has 10 heteroatoms. The van der Waals surface area contributed by atoms with Gasteiger partial charge in [-0.05, 0) is 35.3 Å². The van der Waals surface area contributed by atoms with Crippen LogP contribution < -0.4 is 5.32 Å². The van der Waals surface area contributed by atoms with E-state index >= 15 is 0 Å². The van der Waals surface area contributed by atoms with Crippen LogP contribution in [-0.4, -0.2) is 33.8 Å². The molecule has 0 saturated carbocycles. The van der Waals surface area contributed by atoms with Gasteiger partial charge in [-0.3, -0.25) is 19.3 Å². The Labute approximate surface area is 181 Å². The van der Waals surface area contributed by atoms with Crippen molar-refractivity contribution in [3.8, 4) is 10.7 Å². The molecule has 0 radical (unpaired) electrons. The van der Waals surface area contributed by atoms with Crippen LogP contribution in [0.4, 0.5) is 0 Å². The third-order valence-corrected chi connectivity index (χ3v) is 5.80. The van der Waals surface area contributed by atoms with E-state index < -0.39 is 12.0 Å². The zero-order valence-electron chi connectivity index (χ0n) is 15.6. The second-order valence-corrected chi connectivity index (χ2v) is 7.89. The minimum Gasteiger partial charge on any atom is -0.469 e. The molecule has 2 N–H and O–H groups in total. The zero-order chi connectivity index (χ0) is 20.8. The maximum atomic E-state index is 12.6. The van der Waals surface area contributed by atoms with Gasteiger partial charge in [0.1, 0.15) is 0 Å². The summed E-state index contributed by atoms with van der Waals surface area (Å²) in [4.78, 5) is 25.4. The molecule has 0 saturated heterocycles. The maximum Gasteiger partial charge on any atom is 0.307 e. The van der Waals surface area contributed by atoms with E-state index in [4.69, 9.17) is 28.6 Å². The lowest BCUT2D eigenvalue weighted by Gasteiger charge is -2.19. The molecule has 0 aliphatic carbocycles. The molecule has 3 rings (SSSR count). The number of hydrogen-bond acceptors (Lipinski definition) is 6. The predicted octanol–water partition coefficient (Wildman–Crippen LogP) is 4.13. The molecule has 1 unspecified atom stereocenters. The fourth-order valence-electron chi connectivity index (χ4n) is 2.85. The van der Waals surface area contributed by atoms with Gasteiger partial charge in [0.2, 0.25) is 5.91 Å². The topological polar surface area (TPSA) is 89.0 Å². The molecule has 152 valence electrons. The summed E-state index contributed by atoms with van der Waals surface area (Å²) in [6.07, 6.45) is 0.145. The normalized spacial score (nSPS) is 11.8. The van der Waals surface area contributed by atoms with E-state index in [1.807, 2.05) is 17.5 Å². The number of rotatable bonds is 8. The fraction of sp³-hybridized carbons (Fsp3) is 0.263. The van der Waals surface area contributed by atoms with E-state index in [2.05, 4.69) is 15.5 Å². The van der Waals surface area contributed by atoms with E-state index in [0.29, 0.717) is 27.7 Å². The van der Waals surface area contributed by atoms with Crippen molar-refractivity contribution in [2.24, 2.45) is 0 Å². The first-order valence-electron chi connectivity index (χ1n) is 8.79. The van der Waals surface area contributed by atoms with Crippen molar-refractivity contribution in [3.05, 3.63) is 57.1 Å². The Morgan fingerprint density at radius 3 is 2.83 bits per heavy atom. The first kappa shape index (κ1) is 21.2. The highest BCUT2D eigenvalue weighted by Crippen LogP contribution is 2.26. The summed E-state index contributed by atoms with van der Waals surface area (Å²) in [6, 6.07) is 10.4. The van der Waals surface area contributed by atoms with Gasteiger partial charge in [0.25, 0.3) is 0 Å². The Kier molecular flexibility index (Phi) is 7.18. The lowest BCUT2D eigenvalue weighted by atomic mass is 10.0. The minimum absolute atomic E-state index is 0.0163. The van der Waals surface area contributed by atoms with Crippen molar-refractivity contribution >= 4 is 47.0 Å². The van der Waals surface area contributed by atoms with Crippen LogP contribution in [0.5, 0.6) is 0 Å². The number of thiophene rings is 1. The van der Waals surface area contributed by atoms with Crippen LogP contribution in [0, 0.1) is 4.77 Å². The number of carbonyl (C=O) groups is 2. The number of H-pyrrole nitrogens is 1. The summed E-state index contributed by atoms with van der Waals surface area (Å²) < 4.78 is 6.98. The number of benzene rings is 1. The van der Waals surface area contributed by atoms with Crippen LogP contribution in [0.3, 0.4) is 0 Å². The van der Waals surface area contributed by atoms with Gasteiger partial charge in [-0.15, -0.1) is 11.3 Å². The van der Waals surface area contributed by atoms with Gasteiger partial charge in [0.05, 0.1) is 24.4 Å². The van der Waals surface area contributed by atoms with Crippen LogP contribution in [0.1, 0.15) is 24.4 Å². The van der Waals surface area contributed by atoms with Crippen molar-refractivity contribution in [2.75, 3.05) is 7.11 Å². The average molecular weight is 451 g/mol. The zero-order valence-corrected chi connectivity index (χ0v) is 17.9. The Hall–Kier alpha value is -2.49. The minimum atomic E-state index is -0.585. The Balaban J connectivity index is 1.71. The van der Waals surface area contributed by atoms with Crippen molar-refractivity contribution in [1.29, 1.82) is 0 Å². The largest absolute Gasteiger partial charge is 0.469 e. The number of nitrogens with zero attached hydrogens (tertiary/aromatic N) is 2. The van der Waals surface area contributed by atoms with Crippen LogP contribution in [0.25, 0.3) is 10.7 Å². The first-order chi connectivity index (χ1) is 14.0. The highest BCUT2D eigenvalue weighted by Gasteiger charge is 2.21. The molecule has 7 nitrogen and oxygen atoms in total. The molecular weight excluding hydrogens is 432 g/mol. The molecule has 3 aromatic rings. The van der Waals surface area contributed by atoms with Gasteiger partial charge >= 0.3 is 5.97 Å². The molecule has 1 aromatic carbocycles. The number of hydrogen-bond donors (Lipinski definition) is 2. The number of nitrogens with one attached hydrogen (secondary N) is 2. The Morgan fingerprint density at radius 2 is 2.14 bits per heavy atom. The summed E-state index contributed by atoms with van der Waals surface area (Å²) in [5, 5.41) is 12.3. The molecule has 0 bridgehead atoms. The molecule has 0 aliphatic rings. The molecule has 29 heavy (non-hydrogen) atoms. The third-order valence-electron chi connectivity index (χ3n) is 4.28. The average Bonchev–Trinajstić information content (AvgIpc) is 3.36. The number of carbonyl (C=O) groups excluding carboxylic acids is 2. The lowest BCUT2D eigenvalue weighted by molar-refractivity contribution is -0.141. The molecule has 1 atom stereocenters. The van der Waals surface area contributed by atoms with E-state index in [9.17, 15) is 9.59 Å². The van der Waals surface area contributed by atoms with E-state index in [0.717, 1.165) is 4.88 Å². The predicted molar refractivity (Wildman–Crippen MR) is 114 cm³/mol. The second kappa shape index (κ2) is 9.82. The van der Waals surface area contributed by atoms with Crippen molar-refractivity contribution in [3.63, 3.8) is 0 Å². The number of aromatic amines is 1. The van der Waals surface area contributed by atoms with E-state index in [1.54, 1.807) is 40.2 Å². The monoisotopic (exact) mass is 450 g/mol. The Bertz CT molecular complexity index is 1050. The van der Waals surface area contributed by atoms with Crippen molar-refractivity contribution < 1.29 is 14.3 Å². The van der Waals surface area contributed by atoms with Gasteiger partial charge in [0, 0.05) is 18.0 Å². The quantitative estimate of drug-likeness (QED) is 0.398. The lowest BCUT2D eigenvalue weighted by Crippen LogP contribution is -2.31. The van der Waals surface area contributed by atoms with Gasteiger partial charge in [0.15, 0.2) is 10.6 Å². The summed E-state index contributed by atoms with van der Waals surface area (Å²) in [6.45, 7) is 0.349. The van der Waals surface area contributed by atoms with Crippen LogP contribution in [0.2, 0.25) is 5.02 Å². The van der Waals surface area contributed by atoms with Gasteiger partial charge < -0.3 is 10.1 Å². The molecule has 0 aliphatic heterocycles. The van der Waals surface area contributed by atoms with Crippen molar-refractivity contribution in [1.82, 2.24) is 20.1 Å². The molecule has 2 heterocycles. The summed E-state index contributed by atoms with van der Waals surface area (Å²) in [7, 11) is 1.31. The summed E-state index contributed by atoms with van der Waals surface area (Å²) in [5.74, 6) is 0.0151. The maximum absolute atomic E-state index is 12.6. The van der Waals surface area contributed by atoms with E-state index in [1.165, 1.54) is 7.11 Å². The first-order valence-corrected chi connectivity index (χ1v) is 10.5. The van der Waals surface area contributed by atoms with Crippen molar-refractivity contribution in [2.45, 2.75) is 25.4 Å². The second-order valence-electron chi connectivity index (χ2n) is 6.15. The molecule has 2 aromatic heterocycles. The third kappa shape index (κ3) is 5.31. The highest BCUT2D eigenvalue weighted by molar-refractivity contribution is 7.71. The molecule has 0 spiro atoms. The number of esters is 1. The highest BCUT2D eigenvalue weighted by atomic mass is 35.5. The number of amides is 1. The number of halogens is 1. The van der Waals surface area contributed by atoms with Crippen LogP contribution in [-0.2, 0) is 20.9 Å². The molecule has 0 fully saturated rings.